The number of nitrogens with zero attached hydrogens (tertiary/aromatic N) is 2. The Morgan fingerprint density at radius 1 is 1.13 bits per heavy atom. The highest BCUT2D eigenvalue weighted by molar-refractivity contribution is 9.10. The van der Waals surface area contributed by atoms with Crippen molar-refractivity contribution in [2.45, 2.75) is 44.2 Å². The smallest absolute Gasteiger partial charge is 0.410 e. The number of hydrogen-bond acceptors (Lipinski definition) is 4. The topological polar surface area (TPSA) is 68.6 Å². The van der Waals surface area contributed by atoms with Crippen molar-refractivity contribution in [3.05, 3.63) is 63.2 Å². The minimum absolute atomic E-state index is 0.161. The third-order valence-corrected chi connectivity index (χ3v) is 7.58. The highest BCUT2D eigenvalue weighted by atomic mass is 79.9. The number of ether oxygens (including phenoxy) is 1. The Bertz CT molecular complexity index is 1280. The molecule has 0 aliphatic carbocycles. The van der Waals surface area contributed by atoms with Crippen LogP contribution in [-0.4, -0.2) is 35.5 Å². The molecule has 0 fully saturated rings. The SMILES string of the molecule is CC(C)(C)OC(=O)N1CCc2c(c3cc(Br)ccc3n2S(=O)(=O)c2ccc(Cl)cc2)C1. The molecule has 0 unspecified atom stereocenters. The van der Waals surface area contributed by atoms with Crippen LogP contribution in [0, 0.1) is 0 Å². The highest BCUT2D eigenvalue weighted by Gasteiger charge is 2.33. The van der Waals surface area contributed by atoms with Crippen LogP contribution in [0.5, 0.6) is 0 Å². The van der Waals surface area contributed by atoms with Gasteiger partial charge in [-0.2, -0.15) is 0 Å². The number of amides is 1. The average molecular weight is 526 g/mol. The molecule has 0 atom stereocenters. The van der Waals surface area contributed by atoms with Gasteiger partial charge in [-0.05, 0) is 63.2 Å². The molecule has 6 nitrogen and oxygen atoms in total. The Morgan fingerprint density at radius 3 is 2.45 bits per heavy atom. The molecule has 0 N–H and O–H groups in total. The summed E-state index contributed by atoms with van der Waals surface area (Å²) in [6.45, 7) is 6.11. The van der Waals surface area contributed by atoms with Gasteiger partial charge in [0, 0.05) is 39.1 Å². The van der Waals surface area contributed by atoms with Gasteiger partial charge in [0.15, 0.2) is 0 Å². The number of hydrogen-bond donors (Lipinski definition) is 0. The molecule has 1 aliphatic heterocycles. The van der Waals surface area contributed by atoms with E-state index in [1.54, 1.807) is 23.1 Å². The van der Waals surface area contributed by atoms with E-state index in [0.29, 0.717) is 29.2 Å². The van der Waals surface area contributed by atoms with E-state index in [2.05, 4.69) is 15.9 Å². The number of aromatic nitrogens is 1. The maximum Gasteiger partial charge on any atom is 0.410 e. The van der Waals surface area contributed by atoms with E-state index in [-0.39, 0.29) is 11.4 Å². The second-order valence-electron chi connectivity index (χ2n) is 8.46. The van der Waals surface area contributed by atoms with Crippen LogP contribution in [0.3, 0.4) is 0 Å². The summed E-state index contributed by atoms with van der Waals surface area (Å²) in [4.78, 5) is 14.4. The van der Waals surface area contributed by atoms with Gasteiger partial charge in [-0.15, -0.1) is 0 Å². The lowest BCUT2D eigenvalue weighted by molar-refractivity contribution is 0.0224. The summed E-state index contributed by atoms with van der Waals surface area (Å²) in [6, 6.07) is 11.6. The number of carbonyl (C=O) groups is 1. The van der Waals surface area contributed by atoms with E-state index in [1.165, 1.54) is 16.1 Å². The maximum absolute atomic E-state index is 13.6. The van der Waals surface area contributed by atoms with Crippen molar-refractivity contribution in [1.29, 1.82) is 0 Å². The standard InChI is InChI=1S/C22H22BrClN2O4S/c1-22(2,3)30-21(27)25-11-10-20-18(13-25)17-12-14(23)4-9-19(17)26(20)31(28,29)16-7-5-15(24)6-8-16/h4-9,12H,10-11,13H2,1-3H3. The molecule has 0 bridgehead atoms. The van der Waals surface area contributed by atoms with Crippen LogP contribution < -0.4 is 0 Å². The van der Waals surface area contributed by atoms with E-state index >= 15 is 0 Å². The summed E-state index contributed by atoms with van der Waals surface area (Å²) in [5, 5.41) is 1.26. The van der Waals surface area contributed by atoms with Crippen LogP contribution in [0.25, 0.3) is 10.9 Å². The predicted octanol–water partition coefficient (Wildman–Crippen LogP) is 5.59. The van der Waals surface area contributed by atoms with Crippen LogP contribution in [0.15, 0.2) is 51.8 Å². The molecule has 31 heavy (non-hydrogen) atoms. The lowest BCUT2D eigenvalue weighted by Gasteiger charge is -2.30. The van der Waals surface area contributed by atoms with Crippen molar-refractivity contribution in [2.75, 3.05) is 6.54 Å². The number of halogens is 2. The normalized spacial score (nSPS) is 14.5. The highest BCUT2D eigenvalue weighted by Crippen LogP contribution is 2.36. The van der Waals surface area contributed by atoms with Gasteiger partial charge in [0.1, 0.15) is 5.60 Å². The fourth-order valence-corrected chi connectivity index (χ4v) is 5.85. The van der Waals surface area contributed by atoms with Crippen molar-refractivity contribution in [3.63, 3.8) is 0 Å². The summed E-state index contributed by atoms with van der Waals surface area (Å²) in [5.41, 5.74) is 1.47. The first-order chi connectivity index (χ1) is 14.5. The van der Waals surface area contributed by atoms with Gasteiger partial charge >= 0.3 is 6.09 Å². The Morgan fingerprint density at radius 2 is 1.81 bits per heavy atom. The first kappa shape index (κ1) is 22.2. The molecule has 1 aliphatic rings. The zero-order chi connectivity index (χ0) is 22.6. The number of benzene rings is 2. The average Bonchev–Trinajstić information content (AvgIpc) is 3.00. The Hall–Kier alpha value is -2.03. The van der Waals surface area contributed by atoms with Gasteiger partial charge in [-0.25, -0.2) is 17.2 Å². The molecule has 0 spiro atoms. The first-order valence-electron chi connectivity index (χ1n) is 9.78. The Kier molecular flexibility index (Phi) is 5.60. The van der Waals surface area contributed by atoms with Gasteiger partial charge in [0.2, 0.25) is 0 Å². The van der Waals surface area contributed by atoms with Crippen LogP contribution >= 0.6 is 27.5 Å². The van der Waals surface area contributed by atoms with Gasteiger partial charge in [-0.1, -0.05) is 27.5 Å². The van der Waals surface area contributed by atoms with Crippen LogP contribution in [-0.2, 0) is 27.7 Å². The van der Waals surface area contributed by atoms with E-state index in [4.69, 9.17) is 16.3 Å². The van der Waals surface area contributed by atoms with Gasteiger partial charge in [0.25, 0.3) is 10.0 Å². The third-order valence-electron chi connectivity index (χ3n) is 5.07. The van der Waals surface area contributed by atoms with Crippen molar-refractivity contribution >= 4 is 54.6 Å². The molecular weight excluding hydrogens is 504 g/mol. The van der Waals surface area contributed by atoms with Crippen LogP contribution in [0.2, 0.25) is 5.02 Å². The van der Waals surface area contributed by atoms with Gasteiger partial charge in [0.05, 0.1) is 17.0 Å². The molecule has 4 rings (SSSR count). The van der Waals surface area contributed by atoms with E-state index in [1.807, 2.05) is 32.9 Å². The first-order valence-corrected chi connectivity index (χ1v) is 12.4. The minimum Gasteiger partial charge on any atom is -0.444 e. The number of fused-ring (bicyclic) bond motifs is 3. The zero-order valence-corrected chi connectivity index (χ0v) is 20.5. The fourth-order valence-electron chi connectivity index (χ4n) is 3.76. The third kappa shape index (κ3) is 4.21. The fraction of sp³-hybridized carbons (Fsp3) is 0.318. The summed E-state index contributed by atoms with van der Waals surface area (Å²) in [5.74, 6) is 0. The zero-order valence-electron chi connectivity index (χ0n) is 17.4. The van der Waals surface area contributed by atoms with Crippen molar-refractivity contribution in [1.82, 2.24) is 8.87 Å². The van der Waals surface area contributed by atoms with E-state index in [0.717, 1.165) is 15.4 Å². The maximum atomic E-state index is 13.6. The Labute approximate surface area is 194 Å². The molecule has 0 radical (unpaired) electrons. The van der Waals surface area contributed by atoms with Crippen molar-refractivity contribution in [2.24, 2.45) is 0 Å². The quantitative estimate of drug-likeness (QED) is 0.437. The molecule has 0 saturated heterocycles. The number of carbonyl (C=O) groups excluding carboxylic acids is 1. The predicted molar refractivity (Wildman–Crippen MR) is 124 cm³/mol. The lowest BCUT2D eigenvalue weighted by Crippen LogP contribution is -2.40. The van der Waals surface area contributed by atoms with Crippen molar-refractivity contribution < 1.29 is 17.9 Å². The van der Waals surface area contributed by atoms with Crippen molar-refractivity contribution in [3.8, 4) is 0 Å². The van der Waals surface area contributed by atoms with E-state index in [9.17, 15) is 13.2 Å². The Balaban J connectivity index is 1.85. The molecular formula is C22H22BrClN2O4S. The molecule has 1 amide bonds. The minimum atomic E-state index is -3.85. The summed E-state index contributed by atoms with van der Waals surface area (Å²) in [7, 11) is -3.85. The van der Waals surface area contributed by atoms with Crippen LogP contribution in [0.1, 0.15) is 32.0 Å². The molecule has 2 heterocycles. The molecule has 1 aromatic heterocycles. The molecule has 3 aromatic rings. The monoisotopic (exact) mass is 524 g/mol. The second kappa shape index (κ2) is 7.83. The summed E-state index contributed by atoms with van der Waals surface area (Å²) < 4.78 is 34.9. The largest absolute Gasteiger partial charge is 0.444 e. The molecule has 164 valence electrons. The van der Waals surface area contributed by atoms with Crippen LogP contribution in [0.4, 0.5) is 4.79 Å². The molecule has 9 heteroatoms. The lowest BCUT2D eigenvalue weighted by atomic mass is 10.1. The summed E-state index contributed by atoms with van der Waals surface area (Å²) in [6.07, 6.45) is -0.0113. The summed E-state index contributed by atoms with van der Waals surface area (Å²) >= 11 is 9.43. The van der Waals surface area contributed by atoms with Gasteiger partial charge in [-0.3, -0.25) is 0 Å². The van der Waals surface area contributed by atoms with E-state index < -0.39 is 21.7 Å². The van der Waals surface area contributed by atoms with Gasteiger partial charge < -0.3 is 9.64 Å². The molecule has 2 aromatic carbocycles. The molecule has 0 saturated carbocycles. The number of rotatable bonds is 2. The second-order valence-corrected chi connectivity index (χ2v) is 11.6.